The summed E-state index contributed by atoms with van der Waals surface area (Å²) in [5.74, 6) is 0.411. The topological polar surface area (TPSA) is 105 Å². The van der Waals surface area contributed by atoms with E-state index in [0.29, 0.717) is 47.2 Å². The van der Waals surface area contributed by atoms with Gasteiger partial charge in [0.25, 0.3) is 0 Å². The Morgan fingerprint density at radius 3 is 2.69 bits per heavy atom. The number of carbonyl (C=O) groups excluding carboxylic acids is 1. The summed E-state index contributed by atoms with van der Waals surface area (Å²) in [7, 11) is 3.48. The lowest BCUT2D eigenvalue weighted by molar-refractivity contribution is 0.0321. The van der Waals surface area contributed by atoms with Gasteiger partial charge in [0.15, 0.2) is 11.5 Å². The average molecular weight is 507 g/mol. The first kappa shape index (κ1) is 24.8. The highest BCUT2D eigenvalue weighted by atomic mass is 32.2. The van der Waals surface area contributed by atoms with Crippen LogP contribution in [0.4, 0.5) is 0 Å². The second-order valence-corrected chi connectivity index (χ2v) is 11.6. The molecule has 1 saturated heterocycles. The molecule has 1 aliphatic carbocycles. The minimum Gasteiger partial charge on any atom is -0.593 e. The van der Waals surface area contributed by atoms with Gasteiger partial charge in [0.1, 0.15) is 6.61 Å². The minimum atomic E-state index is -1.49. The lowest BCUT2D eigenvalue weighted by Gasteiger charge is -2.33. The first-order valence-electron chi connectivity index (χ1n) is 12.0. The first-order valence-corrected chi connectivity index (χ1v) is 13.1. The number of benzene rings is 2. The molecule has 1 aromatic heterocycles. The molecule has 0 spiro atoms. The van der Waals surface area contributed by atoms with Crippen LogP contribution in [0.1, 0.15) is 46.6 Å². The van der Waals surface area contributed by atoms with Crippen molar-refractivity contribution >= 4 is 28.0 Å². The molecule has 0 saturated carbocycles. The largest absolute Gasteiger partial charge is 0.593 e. The third-order valence-electron chi connectivity index (χ3n) is 7.07. The van der Waals surface area contributed by atoms with Crippen molar-refractivity contribution in [2.75, 3.05) is 53.6 Å². The van der Waals surface area contributed by atoms with Gasteiger partial charge in [-0.1, -0.05) is 19.9 Å². The molecule has 0 radical (unpaired) electrons. The van der Waals surface area contributed by atoms with E-state index in [1.807, 2.05) is 12.1 Å². The molecule has 0 bridgehead atoms. The number of nitriles is 1. The minimum absolute atomic E-state index is 0.118. The monoisotopic (exact) mass is 506 g/mol. The summed E-state index contributed by atoms with van der Waals surface area (Å²) in [4.78, 5) is 20.0. The van der Waals surface area contributed by atoms with Crippen LogP contribution in [0.3, 0.4) is 0 Å². The van der Waals surface area contributed by atoms with Crippen LogP contribution in [-0.4, -0.2) is 78.1 Å². The standard InChI is InChI=1S/C27H30N4O4S/c1-27(2)20-15-22(35-12-9-31-7-10-34-11-8-31)23(36(33)30(3)4)14-19(20)25(32)24-18-6-5-17(16-28)13-21(18)29-26(24)27/h5-6,13-15,29H,7-12H2,1-4H3. The summed E-state index contributed by atoms with van der Waals surface area (Å²) in [5.41, 5.74) is 3.53. The fraction of sp³-hybridized carbons (Fsp3) is 0.407. The van der Waals surface area contributed by atoms with Gasteiger partial charge in [0.2, 0.25) is 4.90 Å². The van der Waals surface area contributed by atoms with E-state index in [9.17, 15) is 14.6 Å². The Balaban J connectivity index is 1.57. The normalized spacial score (nSPS) is 18.1. The van der Waals surface area contributed by atoms with Crippen molar-refractivity contribution in [2.24, 2.45) is 0 Å². The molecule has 2 aromatic carbocycles. The van der Waals surface area contributed by atoms with E-state index < -0.39 is 16.8 Å². The van der Waals surface area contributed by atoms with E-state index in [1.54, 1.807) is 36.6 Å². The molecule has 3 aromatic rings. The van der Waals surface area contributed by atoms with Gasteiger partial charge in [0, 0.05) is 67.4 Å². The van der Waals surface area contributed by atoms with E-state index in [4.69, 9.17) is 9.47 Å². The summed E-state index contributed by atoms with van der Waals surface area (Å²) in [6.07, 6.45) is 0. The van der Waals surface area contributed by atoms with Crippen molar-refractivity contribution in [3.8, 4) is 11.8 Å². The Morgan fingerprint density at radius 2 is 2.00 bits per heavy atom. The summed E-state index contributed by atoms with van der Waals surface area (Å²) in [6.45, 7) is 8.48. The average Bonchev–Trinajstić information content (AvgIpc) is 3.27. The Hall–Kier alpha value is -2.87. The molecule has 1 unspecified atom stereocenters. The third kappa shape index (κ3) is 4.19. The van der Waals surface area contributed by atoms with Crippen molar-refractivity contribution in [3.63, 3.8) is 0 Å². The number of hydrogen-bond acceptors (Lipinski definition) is 7. The first-order chi connectivity index (χ1) is 17.2. The molecule has 8 nitrogen and oxygen atoms in total. The van der Waals surface area contributed by atoms with E-state index in [2.05, 4.69) is 29.8 Å². The zero-order valence-corrected chi connectivity index (χ0v) is 21.8. The predicted molar refractivity (Wildman–Crippen MR) is 138 cm³/mol. The zero-order chi connectivity index (χ0) is 25.6. The van der Waals surface area contributed by atoms with Gasteiger partial charge in [-0.15, -0.1) is 4.31 Å². The molecule has 36 heavy (non-hydrogen) atoms. The van der Waals surface area contributed by atoms with Crippen LogP contribution < -0.4 is 4.74 Å². The number of aromatic nitrogens is 1. The lowest BCUT2D eigenvalue weighted by atomic mass is 9.71. The highest BCUT2D eigenvalue weighted by Crippen LogP contribution is 2.46. The maximum atomic E-state index is 13.8. The van der Waals surface area contributed by atoms with Crippen LogP contribution in [0.25, 0.3) is 10.9 Å². The van der Waals surface area contributed by atoms with Crippen LogP contribution in [-0.2, 0) is 21.5 Å². The van der Waals surface area contributed by atoms with Gasteiger partial charge < -0.3 is 19.0 Å². The van der Waals surface area contributed by atoms with Crippen molar-refractivity contribution in [1.82, 2.24) is 14.2 Å². The molecule has 1 N–H and O–H groups in total. The van der Waals surface area contributed by atoms with Gasteiger partial charge in [-0.05, 0) is 23.8 Å². The van der Waals surface area contributed by atoms with Gasteiger partial charge in [0.05, 0.1) is 41.8 Å². The van der Waals surface area contributed by atoms with Crippen molar-refractivity contribution in [1.29, 1.82) is 5.26 Å². The second-order valence-electron chi connectivity index (χ2n) is 9.91. The Kier molecular flexibility index (Phi) is 6.57. The zero-order valence-electron chi connectivity index (χ0n) is 21.0. The number of morpholine rings is 1. The molecule has 0 amide bonds. The highest BCUT2D eigenvalue weighted by Gasteiger charge is 2.41. The van der Waals surface area contributed by atoms with Gasteiger partial charge in [-0.25, -0.2) is 0 Å². The van der Waals surface area contributed by atoms with Crippen LogP contribution in [0.15, 0.2) is 35.2 Å². The highest BCUT2D eigenvalue weighted by molar-refractivity contribution is 7.89. The number of nitrogens with zero attached hydrogens (tertiary/aromatic N) is 3. The number of H-pyrrole nitrogens is 1. The van der Waals surface area contributed by atoms with Crippen LogP contribution >= 0.6 is 0 Å². The molecule has 188 valence electrons. The van der Waals surface area contributed by atoms with E-state index in [0.717, 1.165) is 41.8 Å². The smallest absolute Gasteiger partial charge is 0.216 e. The summed E-state index contributed by atoms with van der Waals surface area (Å²) in [6, 6.07) is 11.1. The maximum Gasteiger partial charge on any atom is 0.216 e. The fourth-order valence-corrected chi connectivity index (χ4v) is 5.96. The quantitative estimate of drug-likeness (QED) is 0.512. The summed E-state index contributed by atoms with van der Waals surface area (Å²) >= 11 is -1.49. The number of hydrogen-bond donors (Lipinski definition) is 1. The van der Waals surface area contributed by atoms with Crippen LogP contribution in [0.5, 0.6) is 5.75 Å². The molecular formula is C27H30N4O4S. The third-order valence-corrected chi connectivity index (χ3v) is 8.43. The number of carbonyl (C=O) groups is 1. The molecular weight excluding hydrogens is 476 g/mol. The van der Waals surface area contributed by atoms with E-state index >= 15 is 0 Å². The fourth-order valence-electron chi connectivity index (χ4n) is 5.06. The van der Waals surface area contributed by atoms with Crippen LogP contribution in [0.2, 0.25) is 0 Å². The second kappa shape index (κ2) is 9.54. The van der Waals surface area contributed by atoms with E-state index in [-0.39, 0.29) is 5.78 Å². The van der Waals surface area contributed by atoms with E-state index in [1.165, 1.54) is 0 Å². The molecule has 1 aliphatic heterocycles. The van der Waals surface area contributed by atoms with Gasteiger partial charge in [-0.2, -0.15) is 5.26 Å². The number of nitrogens with one attached hydrogen (secondary N) is 1. The molecule has 2 heterocycles. The number of ether oxygens (including phenoxy) is 2. The van der Waals surface area contributed by atoms with Gasteiger partial charge in [-0.3, -0.25) is 9.69 Å². The summed E-state index contributed by atoms with van der Waals surface area (Å²) < 4.78 is 26.5. The number of fused-ring (bicyclic) bond motifs is 4. The van der Waals surface area contributed by atoms with Crippen molar-refractivity contribution < 1.29 is 18.8 Å². The number of rotatable bonds is 6. The summed E-state index contributed by atoms with van der Waals surface area (Å²) in [5, 5.41) is 10.1. The molecule has 1 atom stereocenters. The number of aromatic amines is 1. The molecule has 2 aliphatic rings. The van der Waals surface area contributed by atoms with Gasteiger partial charge >= 0.3 is 0 Å². The predicted octanol–water partition coefficient (Wildman–Crippen LogP) is 3.21. The Labute approximate surface area is 214 Å². The molecule has 5 rings (SSSR count). The van der Waals surface area contributed by atoms with Crippen molar-refractivity contribution in [2.45, 2.75) is 24.2 Å². The Bertz CT molecular complexity index is 1370. The van der Waals surface area contributed by atoms with Crippen LogP contribution in [0, 0.1) is 11.3 Å². The molecule has 9 heteroatoms. The lowest BCUT2D eigenvalue weighted by Crippen LogP contribution is -2.38. The SMILES string of the molecule is CN(C)[S+]([O-])c1cc2c(cc1OCCN1CCOCC1)C(C)(C)c1[nH]c3cc(C#N)ccc3c1C2=O. The Morgan fingerprint density at radius 1 is 1.25 bits per heavy atom. The maximum absolute atomic E-state index is 13.8. The molecule has 1 fully saturated rings. The number of ketones is 1. The van der Waals surface area contributed by atoms with Crippen molar-refractivity contribution in [3.05, 3.63) is 58.3 Å².